The predicted molar refractivity (Wildman–Crippen MR) is 194 cm³/mol. The minimum Gasteiger partial charge on any atom is -0.508 e. The van der Waals surface area contributed by atoms with E-state index in [1.807, 2.05) is 84.1 Å². The van der Waals surface area contributed by atoms with Crippen LogP contribution in [0.25, 0.3) is 11.3 Å². The molecule has 2 aliphatic heterocycles. The van der Waals surface area contributed by atoms with Crippen molar-refractivity contribution >= 4 is 23.4 Å². The first-order valence-electron chi connectivity index (χ1n) is 16.9. The third-order valence-electron chi connectivity index (χ3n) is 10.4. The molecule has 0 bridgehead atoms. The molecule has 3 amide bonds. The Morgan fingerprint density at radius 3 is 2.16 bits per heavy atom. The summed E-state index contributed by atoms with van der Waals surface area (Å²) in [6.45, 7) is 5.18. The summed E-state index contributed by atoms with van der Waals surface area (Å²) in [5, 5.41) is 9.76. The van der Waals surface area contributed by atoms with Crippen LogP contribution < -0.4 is 10.6 Å². The lowest BCUT2D eigenvalue weighted by Crippen LogP contribution is -2.42. The highest BCUT2D eigenvalue weighted by atomic mass is 16.3. The summed E-state index contributed by atoms with van der Waals surface area (Å²) in [7, 11) is 3.60. The molecule has 3 heterocycles. The topological polar surface area (TPSA) is 112 Å². The van der Waals surface area contributed by atoms with Gasteiger partial charge in [0, 0.05) is 68.0 Å². The van der Waals surface area contributed by atoms with Gasteiger partial charge in [0.05, 0.1) is 5.56 Å². The van der Waals surface area contributed by atoms with E-state index in [9.17, 15) is 19.5 Å². The van der Waals surface area contributed by atoms with E-state index in [4.69, 9.17) is 5.73 Å². The number of nitrogens with zero attached hydrogens (tertiary/aromatic N) is 4. The second-order valence-corrected chi connectivity index (χ2v) is 13.5. The molecule has 0 fully saturated rings. The highest BCUT2D eigenvalue weighted by Crippen LogP contribution is 2.37. The average molecular weight is 668 g/mol. The van der Waals surface area contributed by atoms with Crippen molar-refractivity contribution in [1.29, 1.82) is 0 Å². The summed E-state index contributed by atoms with van der Waals surface area (Å²) in [6, 6.07) is 29.1. The van der Waals surface area contributed by atoms with Gasteiger partial charge in [-0.2, -0.15) is 0 Å². The SMILES string of the molecule is Cc1c(C(=O)N(C)c2ccc(O)cc2)cc(-c2cc3c(cc2C(=O)N2Cc4ccccc4C[C@H]2C)CN(C(=O)[C@@H](N)c2ccccc2)C3)n1C. The number of hydrogen-bond donors (Lipinski definition) is 2. The number of hydrogen-bond acceptors (Lipinski definition) is 5. The zero-order chi connectivity index (χ0) is 35.3. The van der Waals surface area contributed by atoms with Gasteiger partial charge in [0.15, 0.2) is 0 Å². The average Bonchev–Trinajstić information content (AvgIpc) is 3.69. The van der Waals surface area contributed by atoms with Crippen molar-refractivity contribution in [3.8, 4) is 17.0 Å². The van der Waals surface area contributed by atoms with Crippen LogP contribution in [-0.2, 0) is 37.9 Å². The molecular weight excluding hydrogens is 626 g/mol. The first-order chi connectivity index (χ1) is 24.0. The molecule has 7 rings (SSSR count). The van der Waals surface area contributed by atoms with Crippen molar-refractivity contribution in [2.75, 3.05) is 11.9 Å². The number of anilines is 1. The monoisotopic (exact) mass is 667 g/mol. The summed E-state index contributed by atoms with van der Waals surface area (Å²) in [5.41, 5.74) is 15.3. The second-order valence-electron chi connectivity index (χ2n) is 13.5. The molecule has 2 aliphatic rings. The van der Waals surface area contributed by atoms with Crippen LogP contribution in [0.15, 0.2) is 97.1 Å². The number of aromatic nitrogens is 1. The molecule has 50 heavy (non-hydrogen) atoms. The Labute approximate surface area is 292 Å². The van der Waals surface area contributed by atoms with Crippen molar-refractivity contribution in [3.05, 3.63) is 142 Å². The molecular formula is C41H41N5O4. The molecule has 4 aromatic carbocycles. The number of phenols is 1. The number of phenolic OH excluding ortho intramolecular Hbond substituents is 1. The largest absolute Gasteiger partial charge is 0.508 e. The van der Waals surface area contributed by atoms with Crippen LogP contribution in [0.2, 0.25) is 0 Å². The number of nitrogens with two attached hydrogens (primary N) is 1. The number of amides is 3. The zero-order valence-corrected chi connectivity index (χ0v) is 28.8. The standard InChI is InChI=1S/C41H41N5O4/c1-25-18-28-12-8-9-13-29(28)24-46(25)40(49)36-20-31-23-45(41(50)38(42)27-10-6-5-7-11-27)22-30(31)19-35(36)37-21-34(26(2)43(37)3)39(48)44(4)32-14-16-33(47)17-15-32/h5-17,19-21,25,38,47H,18,22-24,42H2,1-4H3/t25-,38+/m1/s1. The number of carbonyl (C=O) groups is 3. The van der Waals surface area contributed by atoms with Crippen molar-refractivity contribution < 1.29 is 19.5 Å². The Bertz CT molecular complexity index is 2120. The van der Waals surface area contributed by atoms with Gasteiger partial charge in [0.25, 0.3) is 11.8 Å². The van der Waals surface area contributed by atoms with Crippen molar-refractivity contribution in [2.24, 2.45) is 12.8 Å². The van der Waals surface area contributed by atoms with Gasteiger partial charge >= 0.3 is 0 Å². The Hall–Kier alpha value is -5.67. The first kappa shape index (κ1) is 32.9. The normalized spacial score (nSPS) is 15.7. The number of carbonyl (C=O) groups excluding carboxylic acids is 3. The molecule has 9 nitrogen and oxygen atoms in total. The lowest BCUT2D eigenvalue weighted by Gasteiger charge is -2.35. The smallest absolute Gasteiger partial charge is 0.259 e. The summed E-state index contributed by atoms with van der Waals surface area (Å²) in [4.78, 5) is 47.4. The molecule has 254 valence electrons. The van der Waals surface area contributed by atoms with Crippen LogP contribution in [-0.4, -0.2) is 50.3 Å². The molecule has 0 saturated carbocycles. The van der Waals surface area contributed by atoms with Crippen molar-refractivity contribution in [3.63, 3.8) is 0 Å². The van der Waals surface area contributed by atoms with Crippen LogP contribution in [0.5, 0.6) is 5.75 Å². The van der Waals surface area contributed by atoms with Crippen LogP contribution in [0.1, 0.15) is 67.2 Å². The van der Waals surface area contributed by atoms with Crippen LogP contribution in [0.4, 0.5) is 5.69 Å². The number of fused-ring (bicyclic) bond motifs is 2. The van der Waals surface area contributed by atoms with E-state index >= 15 is 0 Å². The maximum absolute atomic E-state index is 14.7. The van der Waals surface area contributed by atoms with Crippen LogP contribution in [0.3, 0.4) is 0 Å². The van der Waals surface area contributed by atoms with E-state index in [0.29, 0.717) is 42.0 Å². The zero-order valence-electron chi connectivity index (χ0n) is 28.8. The predicted octanol–water partition coefficient (Wildman–Crippen LogP) is 6.11. The van der Waals surface area contributed by atoms with Gasteiger partial charge in [0.1, 0.15) is 11.8 Å². The fourth-order valence-corrected chi connectivity index (χ4v) is 7.25. The maximum Gasteiger partial charge on any atom is 0.259 e. The molecule has 0 radical (unpaired) electrons. The minimum atomic E-state index is -0.796. The van der Waals surface area contributed by atoms with Gasteiger partial charge in [-0.3, -0.25) is 14.4 Å². The summed E-state index contributed by atoms with van der Waals surface area (Å²) in [6.07, 6.45) is 0.757. The van der Waals surface area contributed by atoms with Crippen molar-refractivity contribution in [2.45, 2.75) is 52.0 Å². The first-order valence-corrected chi connectivity index (χ1v) is 16.9. The molecule has 2 atom stereocenters. The Kier molecular flexibility index (Phi) is 8.53. The number of benzene rings is 4. The lowest BCUT2D eigenvalue weighted by atomic mass is 9.92. The molecule has 9 heteroatoms. The third kappa shape index (κ3) is 5.83. The fourth-order valence-electron chi connectivity index (χ4n) is 7.25. The molecule has 3 N–H and O–H groups in total. The third-order valence-corrected chi connectivity index (χ3v) is 10.4. The number of rotatable bonds is 6. The highest BCUT2D eigenvalue weighted by Gasteiger charge is 2.34. The highest BCUT2D eigenvalue weighted by molar-refractivity contribution is 6.08. The van der Waals surface area contributed by atoms with E-state index < -0.39 is 6.04 Å². The summed E-state index contributed by atoms with van der Waals surface area (Å²) in [5.74, 6) is -0.362. The van der Waals surface area contributed by atoms with Crippen molar-refractivity contribution in [1.82, 2.24) is 14.4 Å². The Morgan fingerprint density at radius 1 is 0.820 bits per heavy atom. The summed E-state index contributed by atoms with van der Waals surface area (Å²) >= 11 is 0. The molecule has 0 saturated heterocycles. The lowest BCUT2D eigenvalue weighted by molar-refractivity contribution is -0.133. The fraction of sp³-hybridized carbons (Fsp3) is 0.244. The van der Waals surface area contributed by atoms with E-state index in [-0.39, 0.29) is 29.5 Å². The van der Waals surface area contributed by atoms with Gasteiger partial charge in [-0.15, -0.1) is 0 Å². The molecule has 1 aromatic heterocycles. The molecule has 0 unspecified atom stereocenters. The Balaban J connectivity index is 1.28. The summed E-state index contributed by atoms with van der Waals surface area (Å²) < 4.78 is 1.95. The quantitative estimate of drug-likeness (QED) is 0.227. The number of aromatic hydroxyl groups is 1. The Morgan fingerprint density at radius 2 is 1.46 bits per heavy atom. The van der Waals surface area contributed by atoms with Gasteiger partial charge < -0.3 is 30.1 Å². The van der Waals surface area contributed by atoms with E-state index in [1.165, 1.54) is 5.56 Å². The van der Waals surface area contributed by atoms with E-state index in [1.54, 1.807) is 41.1 Å². The minimum absolute atomic E-state index is 0.0216. The van der Waals surface area contributed by atoms with E-state index in [0.717, 1.165) is 40.1 Å². The molecule has 5 aromatic rings. The van der Waals surface area contributed by atoms with Crippen LogP contribution >= 0.6 is 0 Å². The molecule has 0 aliphatic carbocycles. The molecule has 0 spiro atoms. The second kappa shape index (κ2) is 13.0. The van der Waals surface area contributed by atoms with E-state index in [2.05, 4.69) is 19.1 Å². The van der Waals surface area contributed by atoms with Gasteiger partial charge in [-0.25, -0.2) is 0 Å². The van der Waals surface area contributed by atoms with Crippen LogP contribution in [0, 0.1) is 6.92 Å². The maximum atomic E-state index is 14.7. The van der Waals surface area contributed by atoms with Gasteiger partial charge in [-0.1, -0.05) is 54.6 Å². The van der Waals surface area contributed by atoms with Gasteiger partial charge in [0.2, 0.25) is 5.91 Å². The van der Waals surface area contributed by atoms with Gasteiger partial charge in [-0.05, 0) is 90.6 Å².